The van der Waals surface area contributed by atoms with Gasteiger partial charge in [-0.2, -0.15) is 0 Å². The van der Waals surface area contributed by atoms with Gasteiger partial charge in [0.1, 0.15) is 6.54 Å². The first-order valence-electron chi connectivity index (χ1n) is 9.67. The zero-order valence-corrected chi connectivity index (χ0v) is 15.5. The van der Waals surface area contributed by atoms with E-state index in [-0.39, 0.29) is 29.8 Å². The number of likely N-dealkylation sites (tertiary alicyclic amines) is 1. The average Bonchev–Trinajstić information content (AvgIpc) is 2.62. The van der Waals surface area contributed by atoms with Crippen LogP contribution in [0.4, 0.5) is 0 Å². The molecule has 1 aliphatic carbocycles. The highest BCUT2D eigenvalue weighted by Gasteiger charge is 2.60. The van der Waals surface area contributed by atoms with Crippen molar-refractivity contribution in [3.63, 3.8) is 0 Å². The Bertz CT molecular complexity index is 606. The Morgan fingerprint density at radius 2 is 1.88 bits per heavy atom. The molecular weight excluding hydrogens is 312 g/mol. The van der Waals surface area contributed by atoms with Gasteiger partial charge in [-0.1, -0.05) is 63.4 Å². The predicted molar refractivity (Wildman–Crippen MR) is 98.9 cm³/mol. The van der Waals surface area contributed by atoms with Crippen LogP contribution in [0.1, 0.15) is 64.0 Å². The lowest BCUT2D eigenvalue weighted by atomic mass is 9.60. The zero-order valence-electron chi connectivity index (χ0n) is 15.5. The molecule has 2 aliphatic rings. The monoisotopic (exact) mass is 342 g/mol. The molecular formula is C21H30N2O2. The number of nitrogens with zero attached hydrogens (tertiary/aromatic N) is 1. The van der Waals surface area contributed by atoms with Crippen molar-refractivity contribution in [3.05, 3.63) is 35.9 Å². The van der Waals surface area contributed by atoms with Gasteiger partial charge in [0.25, 0.3) is 0 Å². The maximum atomic E-state index is 13.0. The lowest BCUT2D eigenvalue weighted by Crippen LogP contribution is -2.65. The van der Waals surface area contributed by atoms with E-state index in [9.17, 15) is 9.59 Å². The van der Waals surface area contributed by atoms with Gasteiger partial charge in [0.2, 0.25) is 11.8 Å². The maximum absolute atomic E-state index is 13.0. The van der Waals surface area contributed by atoms with Crippen LogP contribution in [0.3, 0.4) is 0 Å². The molecule has 1 aromatic rings. The Hall–Kier alpha value is -1.84. The molecule has 3 rings (SSSR count). The van der Waals surface area contributed by atoms with Crippen LogP contribution < -0.4 is 5.32 Å². The van der Waals surface area contributed by atoms with Gasteiger partial charge < -0.3 is 10.2 Å². The van der Waals surface area contributed by atoms with E-state index in [0.717, 1.165) is 32.1 Å². The number of β-lactam (4-membered cyclic amide) rings is 1. The van der Waals surface area contributed by atoms with Gasteiger partial charge >= 0.3 is 0 Å². The summed E-state index contributed by atoms with van der Waals surface area (Å²) in [5.41, 5.74) is 0.900. The van der Waals surface area contributed by atoms with Gasteiger partial charge in [-0.05, 0) is 30.7 Å². The first kappa shape index (κ1) is 18.0. The molecule has 1 unspecified atom stereocenters. The van der Waals surface area contributed by atoms with Crippen LogP contribution in [0.25, 0.3) is 0 Å². The predicted octanol–water partition coefficient (Wildman–Crippen LogP) is 3.68. The minimum Gasteiger partial charge on any atom is -0.355 e. The quantitative estimate of drug-likeness (QED) is 0.802. The number of benzene rings is 1. The Morgan fingerprint density at radius 1 is 1.20 bits per heavy atom. The number of carbonyl (C=O) groups is 2. The zero-order chi connectivity index (χ0) is 17.9. The van der Waals surface area contributed by atoms with Crippen LogP contribution in [0.15, 0.2) is 30.3 Å². The van der Waals surface area contributed by atoms with Gasteiger partial charge in [-0.3, -0.25) is 9.59 Å². The molecule has 2 fully saturated rings. The fourth-order valence-corrected chi connectivity index (χ4v) is 4.43. The van der Waals surface area contributed by atoms with Crippen LogP contribution >= 0.6 is 0 Å². The summed E-state index contributed by atoms with van der Waals surface area (Å²) in [5.74, 6) is 0.703. The number of nitrogens with one attached hydrogen (secondary N) is 1. The summed E-state index contributed by atoms with van der Waals surface area (Å²) in [4.78, 5) is 27.1. The average molecular weight is 342 g/mol. The van der Waals surface area contributed by atoms with E-state index in [1.807, 2.05) is 18.2 Å². The molecule has 136 valence electrons. The molecule has 1 aliphatic heterocycles. The largest absolute Gasteiger partial charge is 0.355 e. The minimum atomic E-state index is -0.266. The molecule has 1 saturated heterocycles. The molecule has 1 spiro atoms. The summed E-state index contributed by atoms with van der Waals surface area (Å²) >= 11 is 0. The summed E-state index contributed by atoms with van der Waals surface area (Å²) < 4.78 is 0. The Balaban J connectivity index is 1.72. The van der Waals surface area contributed by atoms with Gasteiger partial charge in [0.15, 0.2) is 0 Å². The second-order valence-corrected chi connectivity index (χ2v) is 8.00. The van der Waals surface area contributed by atoms with Crippen LogP contribution in [0.5, 0.6) is 0 Å². The lowest BCUT2D eigenvalue weighted by Gasteiger charge is -2.58. The van der Waals surface area contributed by atoms with Gasteiger partial charge in [0.05, 0.1) is 11.5 Å². The highest BCUT2D eigenvalue weighted by atomic mass is 16.2. The number of hydrogen-bond donors (Lipinski definition) is 1. The molecule has 0 aromatic heterocycles. The molecule has 4 nitrogen and oxygen atoms in total. The topological polar surface area (TPSA) is 49.4 Å². The fraction of sp³-hybridized carbons (Fsp3) is 0.619. The summed E-state index contributed by atoms with van der Waals surface area (Å²) in [6.45, 7) is 5.14. The summed E-state index contributed by atoms with van der Waals surface area (Å²) in [6, 6.07) is 10.3. The highest BCUT2D eigenvalue weighted by molar-refractivity contribution is 5.94. The van der Waals surface area contributed by atoms with Crippen LogP contribution in [0.2, 0.25) is 0 Å². The van der Waals surface area contributed by atoms with E-state index in [4.69, 9.17) is 0 Å². The SMILES string of the molecule is CC(C)CCNC(=O)CN1C(=O)C2(CCCCC2)C1c1ccccc1. The molecule has 0 radical (unpaired) electrons. The molecule has 25 heavy (non-hydrogen) atoms. The second-order valence-electron chi connectivity index (χ2n) is 8.00. The van der Waals surface area contributed by atoms with Crippen LogP contribution in [0, 0.1) is 11.3 Å². The molecule has 1 aromatic carbocycles. The third-order valence-corrected chi connectivity index (χ3v) is 5.74. The molecule has 1 heterocycles. The summed E-state index contributed by atoms with van der Waals surface area (Å²) in [5, 5.41) is 2.96. The Labute approximate surface area is 151 Å². The third-order valence-electron chi connectivity index (χ3n) is 5.74. The Kier molecular flexibility index (Phi) is 5.45. The normalized spacial score (nSPS) is 22.1. The number of rotatable bonds is 6. The van der Waals surface area contributed by atoms with E-state index in [2.05, 4.69) is 31.3 Å². The molecule has 1 N–H and O–H groups in total. The van der Waals surface area contributed by atoms with Crippen molar-refractivity contribution in [2.75, 3.05) is 13.1 Å². The maximum Gasteiger partial charge on any atom is 0.239 e. The van der Waals surface area contributed by atoms with Crippen molar-refractivity contribution >= 4 is 11.8 Å². The van der Waals surface area contributed by atoms with E-state index < -0.39 is 0 Å². The molecule has 2 amide bonds. The highest BCUT2D eigenvalue weighted by Crippen LogP contribution is 2.57. The van der Waals surface area contributed by atoms with E-state index in [0.29, 0.717) is 12.5 Å². The van der Waals surface area contributed by atoms with Gasteiger partial charge in [0, 0.05) is 6.54 Å². The summed E-state index contributed by atoms with van der Waals surface area (Å²) in [6.07, 6.45) is 6.32. The molecule has 4 heteroatoms. The van der Waals surface area contributed by atoms with Crippen molar-refractivity contribution in [2.24, 2.45) is 11.3 Å². The van der Waals surface area contributed by atoms with Crippen LogP contribution in [-0.4, -0.2) is 29.8 Å². The van der Waals surface area contributed by atoms with Gasteiger partial charge in [-0.15, -0.1) is 0 Å². The first-order chi connectivity index (χ1) is 12.0. The lowest BCUT2D eigenvalue weighted by molar-refractivity contribution is -0.180. The van der Waals surface area contributed by atoms with Crippen LogP contribution in [-0.2, 0) is 9.59 Å². The van der Waals surface area contributed by atoms with Crippen molar-refractivity contribution in [3.8, 4) is 0 Å². The third kappa shape index (κ3) is 3.58. The van der Waals surface area contributed by atoms with Crippen molar-refractivity contribution < 1.29 is 9.59 Å². The van der Waals surface area contributed by atoms with E-state index in [1.54, 1.807) is 4.90 Å². The molecule has 1 atom stereocenters. The standard InChI is InChI=1S/C21H30N2O2/c1-16(2)11-14-22-18(24)15-23-19(17-9-5-3-6-10-17)21(20(23)25)12-7-4-8-13-21/h3,5-6,9-10,16,19H,4,7-8,11-15H2,1-2H3,(H,22,24). The Morgan fingerprint density at radius 3 is 2.52 bits per heavy atom. The minimum absolute atomic E-state index is 0.0411. The summed E-state index contributed by atoms with van der Waals surface area (Å²) in [7, 11) is 0. The smallest absolute Gasteiger partial charge is 0.239 e. The van der Waals surface area contributed by atoms with Crippen molar-refractivity contribution in [1.29, 1.82) is 0 Å². The van der Waals surface area contributed by atoms with E-state index in [1.165, 1.54) is 12.0 Å². The number of hydrogen-bond acceptors (Lipinski definition) is 2. The molecule has 1 saturated carbocycles. The fourth-order valence-electron chi connectivity index (χ4n) is 4.43. The van der Waals surface area contributed by atoms with Crippen molar-refractivity contribution in [2.45, 2.75) is 58.4 Å². The first-order valence-corrected chi connectivity index (χ1v) is 9.67. The van der Waals surface area contributed by atoms with Crippen molar-refractivity contribution in [1.82, 2.24) is 10.2 Å². The second kappa shape index (κ2) is 7.59. The number of carbonyl (C=O) groups excluding carboxylic acids is 2. The molecule has 0 bridgehead atoms. The number of amides is 2. The van der Waals surface area contributed by atoms with E-state index >= 15 is 0 Å². The van der Waals surface area contributed by atoms with Gasteiger partial charge in [-0.25, -0.2) is 0 Å².